The Morgan fingerprint density at radius 3 is 2.90 bits per heavy atom. The minimum atomic E-state index is -0.416. The molecule has 0 unspecified atom stereocenters. The van der Waals surface area contributed by atoms with Gasteiger partial charge in [0, 0.05) is 25.0 Å². The minimum Gasteiger partial charge on any atom is -0.377 e. The smallest absolute Gasteiger partial charge is 0.321 e. The number of hydrogen-bond acceptors (Lipinski definition) is 4. The van der Waals surface area contributed by atoms with Crippen LogP contribution in [-0.2, 0) is 4.74 Å². The Morgan fingerprint density at radius 1 is 1.23 bits per heavy atom. The van der Waals surface area contributed by atoms with Gasteiger partial charge in [-0.25, -0.2) is 19.2 Å². The first-order valence-corrected chi connectivity index (χ1v) is 10.2. The van der Waals surface area contributed by atoms with Crippen LogP contribution < -0.4 is 5.32 Å². The zero-order chi connectivity index (χ0) is 20.5. The van der Waals surface area contributed by atoms with Crippen LogP contribution in [0.15, 0.2) is 36.5 Å². The fourth-order valence-electron chi connectivity index (χ4n) is 3.90. The van der Waals surface area contributed by atoms with Crippen LogP contribution in [0.3, 0.4) is 0 Å². The number of nitrogens with one attached hydrogen (secondary N) is 2. The molecular weight excluding hydrogens is 385 g/mol. The number of aromatic nitrogens is 3. The van der Waals surface area contributed by atoms with Crippen molar-refractivity contribution in [3.8, 4) is 11.4 Å². The highest BCUT2D eigenvalue weighted by molar-refractivity contribution is 5.90. The Bertz CT molecular complexity index is 1130. The van der Waals surface area contributed by atoms with Gasteiger partial charge in [-0.3, -0.25) is 0 Å². The number of amides is 2. The summed E-state index contributed by atoms with van der Waals surface area (Å²) in [5, 5.41) is 2.85. The Morgan fingerprint density at radius 2 is 2.10 bits per heavy atom. The maximum absolute atomic E-state index is 14.6. The molecule has 0 atom stereocenters. The third-order valence-electron chi connectivity index (χ3n) is 5.54. The van der Waals surface area contributed by atoms with Crippen LogP contribution in [0.2, 0.25) is 0 Å². The molecule has 2 aliphatic heterocycles. The molecule has 0 spiro atoms. The van der Waals surface area contributed by atoms with Crippen molar-refractivity contribution in [1.82, 2.24) is 19.9 Å². The molecule has 7 nitrogen and oxygen atoms in total. The van der Waals surface area contributed by atoms with E-state index in [0.717, 1.165) is 43.4 Å². The van der Waals surface area contributed by atoms with Crippen molar-refractivity contribution in [1.29, 1.82) is 0 Å². The standard InChI is InChI=1S/C22H22FN5O2/c23-18-4-3-16(25-22(29)28-7-1-2-8-28)12-17(18)20-26-19-11-15(13-24-21(19)27-20)14-5-9-30-10-6-14/h3-5,11-13H,1-2,6-10H2,(H,25,29)(H,24,26,27). The van der Waals surface area contributed by atoms with Crippen LogP contribution >= 0.6 is 0 Å². The second kappa shape index (κ2) is 7.87. The van der Waals surface area contributed by atoms with Crippen LogP contribution in [0.5, 0.6) is 0 Å². The summed E-state index contributed by atoms with van der Waals surface area (Å²) in [6.07, 6.45) is 6.70. The van der Waals surface area contributed by atoms with Gasteiger partial charge in [-0.05, 0) is 54.7 Å². The normalized spacial score (nSPS) is 16.7. The molecular formula is C22H22FN5O2. The second-order valence-corrected chi connectivity index (χ2v) is 7.55. The topological polar surface area (TPSA) is 83.1 Å². The van der Waals surface area contributed by atoms with Crippen molar-refractivity contribution in [3.63, 3.8) is 0 Å². The highest BCUT2D eigenvalue weighted by Crippen LogP contribution is 2.28. The SMILES string of the molecule is O=C(Nc1ccc(F)c(-c2nc3ncc(C4=CCOCC4)cc3[nH]2)c1)N1CCCC1. The van der Waals surface area contributed by atoms with E-state index in [2.05, 4.69) is 26.3 Å². The fraction of sp³-hybridized carbons (Fsp3) is 0.318. The Kier molecular flexibility index (Phi) is 4.92. The monoisotopic (exact) mass is 407 g/mol. The molecule has 5 rings (SSSR count). The van der Waals surface area contributed by atoms with Crippen LogP contribution in [0.25, 0.3) is 28.1 Å². The fourth-order valence-corrected chi connectivity index (χ4v) is 3.90. The molecule has 154 valence electrons. The van der Waals surface area contributed by atoms with Crippen molar-refractivity contribution in [3.05, 3.63) is 47.9 Å². The number of carbonyl (C=O) groups is 1. The van der Waals surface area contributed by atoms with Gasteiger partial charge in [-0.1, -0.05) is 6.08 Å². The Labute approximate surface area is 173 Å². The number of carbonyl (C=O) groups excluding carboxylic acids is 1. The number of imidazole rings is 1. The quantitative estimate of drug-likeness (QED) is 0.682. The third-order valence-corrected chi connectivity index (χ3v) is 5.54. The largest absolute Gasteiger partial charge is 0.377 e. The maximum Gasteiger partial charge on any atom is 0.321 e. The highest BCUT2D eigenvalue weighted by Gasteiger charge is 2.19. The summed E-state index contributed by atoms with van der Waals surface area (Å²) in [7, 11) is 0. The molecule has 0 aliphatic carbocycles. The summed E-state index contributed by atoms with van der Waals surface area (Å²) in [6.45, 7) is 2.79. The van der Waals surface area contributed by atoms with Crippen LogP contribution in [0.1, 0.15) is 24.8 Å². The van der Waals surface area contributed by atoms with Crippen molar-refractivity contribution in [2.75, 3.05) is 31.6 Å². The van der Waals surface area contributed by atoms with Gasteiger partial charge in [0.2, 0.25) is 0 Å². The summed E-state index contributed by atoms with van der Waals surface area (Å²) in [5.74, 6) is -0.0361. The summed E-state index contributed by atoms with van der Waals surface area (Å²) in [6, 6.07) is 6.32. The Hall–Kier alpha value is -3.26. The highest BCUT2D eigenvalue weighted by atomic mass is 19.1. The van der Waals surface area contributed by atoms with E-state index in [4.69, 9.17) is 4.74 Å². The first kappa shape index (κ1) is 18.7. The summed E-state index contributed by atoms with van der Waals surface area (Å²) in [5.41, 5.74) is 4.27. The number of likely N-dealkylation sites (tertiary alicyclic amines) is 1. The lowest BCUT2D eigenvalue weighted by Gasteiger charge is -2.16. The molecule has 1 fully saturated rings. The van der Waals surface area contributed by atoms with E-state index in [-0.39, 0.29) is 6.03 Å². The van der Waals surface area contributed by atoms with Gasteiger partial charge >= 0.3 is 6.03 Å². The molecule has 0 saturated carbocycles. The van der Waals surface area contributed by atoms with Crippen molar-refractivity contribution in [2.24, 2.45) is 0 Å². The molecule has 1 aromatic carbocycles. The number of benzene rings is 1. The molecule has 0 bridgehead atoms. The zero-order valence-corrected chi connectivity index (χ0v) is 16.4. The predicted octanol–water partition coefficient (Wildman–Crippen LogP) is 4.20. The van der Waals surface area contributed by atoms with E-state index < -0.39 is 5.82 Å². The number of pyridine rings is 1. The summed E-state index contributed by atoms with van der Waals surface area (Å²) in [4.78, 5) is 26.2. The Balaban J connectivity index is 1.44. The molecule has 1 saturated heterocycles. The molecule has 3 aromatic rings. The summed E-state index contributed by atoms with van der Waals surface area (Å²) < 4.78 is 19.9. The number of nitrogens with zero attached hydrogens (tertiary/aromatic N) is 3. The average molecular weight is 407 g/mol. The van der Waals surface area contributed by atoms with E-state index in [0.29, 0.717) is 35.9 Å². The van der Waals surface area contributed by atoms with Crippen LogP contribution in [-0.4, -0.2) is 52.2 Å². The number of rotatable bonds is 3. The average Bonchev–Trinajstić information content (AvgIpc) is 3.45. The number of fused-ring (bicyclic) bond motifs is 1. The van der Waals surface area contributed by atoms with Crippen molar-refractivity contribution < 1.29 is 13.9 Å². The number of hydrogen-bond donors (Lipinski definition) is 2. The molecule has 2 aliphatic rings. The zero-order valence-electron chi connectivity index (χ0n) is 16.4. The van der Waals surface area contributed by atoms with E-state index >= 15 is 0 Å². The van der Waals surface area contributed by atoms with Gasteiger partial charge < -0.3 is 19.9 Å². The van der Waals surface area contributed by atoms with Crippen molar-refractivity contribution in [2.45, 2.75) is 19.3 Å². The number of ether oxygens (including phenoxy) is 1. The minimum absolute atomic E-state index is 0.161. The lowest BCUT2D eigenvalue weighted by Crippen LogP contribution is -2.32. The van der Waals surface area contributed by atoms with Crippen LogP contribution in [0.4, 0.5) is 14.9 Å². The molecule has 30 heavy (non-hydrogen) atoms. The number of anilines is 1. The number of halogens is 1. The molecule has 0 radical (unpaired) electrons. The van der Waals surface area contributed by atoms with Crippen LogP contribution in [0, 0.1) is 5.82 Å². The second-order valence-electron chi connectivity index (χ2n) is 7.55. The molecule has 4 heterocycles. The molecule has 2 aromatic heterocycles. The van der Waals surface area contributed by atoms with Gasteiger partial charge in [0.15, 0.2) is 5.65 Å². The van der Waals surface area contributed by atoms with E-state index in [1.165, 1.54) is 11.6 Å². The number of urea groups is 1. The first-order chi connectivity index (χ1) is 14.7. The lowest BCUT2D eigenvalue weighted by molar-refractivity contribution is 0.161. The van der Waals surface area contributed by atoms with E-state index in [1.807, 2.05) is 6.07 Å². The predicted molar refractivity (Wildman–Crippen MR) is 113 cm³/mol. The lowest BCUT2D eigenvalue weighted by atomic mass is 10.0. The molecule has 2 amide bonds. The maximum atomic E-state index is 14.6. The number of H-pyrrole nitrogens is 1. The van der Waals surface area contributed by atoms with Gasteiger partial charge in [0.1, 0.15) is 11.6 Å². The van der Waals surface area contributed by atoms with E-state index in [1.54, 1.807) is 23.2 Å². The molecule has 8 heteroatoms. The van der Waals surface area contributed by atoms with E-state index in [9.17, 15) is 9.18 Å². The third kappa shape index (κ3) is 3.66. The van der Waals surface area contributed by atoms with Gasteiger partial charge in [-0.15, -0.1) is 0 Å². The van der Waals surface area contributed by atoms with Crippen molar-refractivity contribution >= 4 is 28.5 Å². The van der Waals surface area contributed by atoms with Gasteiger partial charge in [0.05, 0.1) is 24.3 Å². The summed E-state index contributed by atoms with van der Waals surface area (Å²) >= 11 is 0. The molecule has 2 N–H and O–H groups in total. The first-order valence-electron chi connectivity index (χ1n) is 10.2. The number of aromatic amines is 1. The van der Waals surface area contributed by atoms with Gasteiger partial charge in [0.25, 0.3) is 0 Å². The van der Waals surface area contributed by atoms with Gasteiger partial charge in [-0.2, -0.15) is 0 Å².